The van der Waals surface area contributed by atoms with E-state index in [0.717, 1.165) is 4.90 Å². The summed E-state index contributed by atoms with van der Waals surface area (Å²) in [6.45, 7) is 1.45. The van der Waals surface area contributed by atoms with Crippen molar-refractivity contribution in [2.45, 2.75) is 6.92 Å². The van der Waals surface area contributed by atoms with Crippen molar-refractivity contribution in [3.8, 4) is 5.75 Å². The minimum Gasteiger partial charge on any atom is -0.423 e. The fourth-order valence-corrected chi connectivity index (χ4v) is 3.53. The summed E-state index contributed by atoms with van der Waals surface area (Å²) in [5.74, 6) is -1.66. The van der Waals surface area contributed by atoms with Gasteiger partial charge in [0.25, 0.3) is 11.8 Å². The van der Waals surface area contributed by atoms with E-state index >= 15 is 0 Å². The predicted octanol–water partition coefficient (Wildman–Crippen LogP) is 5.20. The largest absolute Gasteiger partial charge is 0.423 e. The molecule has 0 spiro atoms. The number of Topliss-reactive ketones (excluding diaryl/α,β-unsaturated/α-hetero) is 1. The van der Waals surface area contributed by atoms with Crippen molar-refractivity contribution in [2.24, 2.45) is 0 Å². The van der Waals surface area contributed by atoms with Gasteiger partial charge in [-0.2, -0.15) is 0 Å². The maximum absolute atomic E-state index is 12.8. The van der Waals surface area contributed by atoms with Gasteiger partial charge in [0, 0.05) is 16.3 Å². The molecule has 3 aromatic rings. The molecule has 34 heavy (non-hydrogen) atoms. The number of nitrogens with one attached hydrogen (secondary N) is 1. The predicted molar refractivity (Wildman–Crippen MR) is 128 cm³/mol. The zero-order valence-electron chi connectivity index (χ0n) is 17.7. The lowest BCUT2D eigenvalue weighted by Crippen LogP contribution is -2.32. The van der Waals surface area contributed by atoms with Crippen LogP contribution in [0.1, 0.15) is 27.6 Å². The number of anilines is 2. The standard InChI is InChI=1S/C25H16Cl2N2O5/c1-14(30)15-4-12-20(13-5-15)34-25(33)16-2-8-18(9-3-16)28-22-21(27)23(31)29(24(22)32)19-10-6-17(26)7-11-19/h2-13,28H,1H3. The number of ketones is 1. The Bertz CT molecular complexity index is 1330. The van der Waals surface area contributed by atoms with Gasteiger partial charge in [0.15, 0.2) is 5.78 Å². The third kappa shape index (κ3) is 4.71. The van der Waals surface area contributed by atoms with Crippen LogP contribution in [0.25, 0.3) is 0 Å². The molecule has 0 saturated carbocycles. The summed E-state index contributed by atoms with van der Waals surface area (Å²) >= 11 is 12.0. The number of rotatable bonds is 6. The van der Waals surface area contributed by atoms with Crippen LogP contribution in [0.15, 0.2) is 83.5 Å². The zero-order valence-corrected chi connectivity index (χ0v) is 19.2. The second-order valence-corrected chi connectivity index (χ2v) is 8.10. The third-order valence-corrected chi connectivity index (χ3v) is 5.58. The first kappa shape index (κ1) is 23.2. The van der Waals surface area contributed by atoms with Crippen molar-refractivity contribution in [1.82, 2.24) is 0 Å². The Morgan fingerprint density at radius 3 is 1.97 bits per heavy atom. The Balaban J connectivity index is 1.45. The molecule has 9 heteroatoms. The summed E-state index contributed by atoms with van der Waals surface area (Å²) in [6.07, 6.45) is 0. The van der Waals surface area contributed by atoms with Gasteiger partial charge in [-0.3, -0.25) is 14.4 Å². The summed E-state index contributed by atoms with van der Waals surface area (Å²) in [4.78, 5) is 50.1. The van der Waals surface area contributed by atoms with E-state index in [2.05, 4.69) is 5.32 Å². The molecule has 0 saturated heterocycles. The average molecular weight is 495 g/mol. The lowest BCUT2D eigenvalue weighted by molar-refractivity contribution is -0.120. The fraction of sp³-hybridized carbons (Fsp3) is 0.0400. The van der Waals surface area contributed by atoms with E-state index in [-0.39, 0.29) is 22.1 Å². The van der Waals surface area contributed by atoms with Crippen LogP contribution in [0.5, 0.6) is 5.75 Å². The van der Waals surface area contributed by atoms with Crippen molar-refractivity contribution in [3.63, 3.8) is 0 Å². The molecule has 1 aliphatic heterocycles. The number of benzene rings is 3. The first-order valence-corrected chi connectivity index (χ1v) is 10.7. The molecule has 1 heterocycles. The monoisotopic (exact) mass is 494 g/mol. The molecule has 4 rings (SSSR count). The van der Waals surface area contributed by atoms with Crippen molar-refractivity contribution in [3.05, 3.63) is 99.7 Å². The number of nitrogens with zero attached hydrogens (tertiary/aromatic N) is 1. The van der Waals surface area contributed by atoms with E-state index in [1.807, 2.05) is 0 Å². The van der Waals surface area contributed by atoms with E-state index in [0.29, 0.717) is 27.7 Å². The Morgan fingerprint density at radius 2 is 1.38 bits per heavy atom. The summed E-state index contributed by atoms with van der Waals surface area (Å²) in [6, 6.07) is 18.5. The molecular formula is C25H16Cl2N2O5. The summed E-state index contributed by atoms with van der Waals surface area (Å²) in [7, 11) is 0. The fourth-order valence-electron chi connectivity index (χ4n) is 3.19. The summed E-state index contributed by atoms with van der Waals surface area (Å²) in [5.41, 5.74) is 1.47. The SMILES string of the molecule is CC(=O)c1ccc(OC(=O)c2ccc(NC3=C(Cl)C(=O)N(c4ccc(Cl)cc4)C3=O)cc2)cc1. The van der Waals surface area contributed by atoms with Crippen LogP contribution in [0.2, 0.25) is 5.02 Å². The zero-order chi connectivity index (χ0) is 24.4. The number of esters is 1. The molecule has 3 aromatic carbocycles. The van der Waals surface area contributed by atoms with E-state index in [4.69, 9.17) is 27.9 Å². The smallest absolute Gasteiger partial charge is 0.343 e. The van der Waals surface area contributed by atoms with Crippen molar-refractivity contribution in [1.29, 1.82) is 0 Å². The number of carbonyl (C=O) groups excluding carboxylic acids is 4. The van der Waals surface area contributed by atoms with Crippen LogP contribution in [-0.4, -0.2) is 23.6 Å². The number of carbonyl (C=O) groups is 4. The Hall–Kier alpha value is -3.94. The van der Waals surface area contributed by atoms with Gasteiger partial charge in [-0.1, -0.05) is 23.2 Å². The van der Waals surface area contributed by atoms with Gasteiger partial charge >= 0.3 is 5.97 Å². The minimum absolute atomic E-state index is 0.0810. The summed E-state index contributed by atoms with van der Waals surface area (Å²) < 4.78 is 5.31. The molecule has 2 amide bonds. The summed E-state index contributed by atoms with van der Waals surface area (Å²) in [5, 5.41) is 3.05. The Labute approximate surface area is 204 Å². The number of imide groups is 1. The van der Waals surface area contributed by atoms with Gasteiger partial charge in [0.05, 0.1) is 11.3 Å². The number of amides is 2. The first-order valence-electron chi connectivity index (χ1n) is 9.99. The van der Waals surface area contributed by atoms with E-state index in [1.165, 1.54) is 31.2 Å². The van der Waals surface area contributed by atoms with Crippen LogP contribution in [0.3, 0.4) is 0 Å². The van der Waals surface area contributed by atoms with Gasteiger partial charge in [0.1, 0.15) is 16.5 Å². The minimum atomic E-state index is -0.660. The molecular weight excluding hydrogens is 479 g/mol. The second-order valence-electron chi connectivity index (χ2n) is 7.28. The highest BCUT2D eigenvalue weighted by atomic mass is 35.5. The van der Waals surface area contributed by atoms with Crippen LogP contribution < -0.4 is 15.0 Å². The normalized spacial score (nSPS) is 13.3. The molecule has 1 aliphatic rings. The highest BCUT2D eigenvalue weighted by Gasteiger charge is 2.38. The van der Waals surface area contributed by atoms with Crippen LogP contribution in [0.4, 0.5) is 11.4 Å². The van der Waals surface area contributed by atoms with Crippen LogP contribution in [0, 0.1) is 0 Å². The van der Waals surface area contributed by atoms with Gasteiger partial charge in [-0.25, -0.2) is 9.69 Å². The highest BCUT2D eigenvalue weighted by molar-refractivity contribution is 6.53. The molecule has 1 N–H and O–H groups in total. The third-order valence-electron chi connectivity index (χ3n) is 4.97. The quantitative estimate of drug-likeness (QED) is 0.219. The van der Waals surface area contributed by atoms with Crippen LogP contribution >= 0.6 is 23.2 Å². The first-order chi connectivity index (χ1) is 16.2. The van der Waals surface area contributed by atoms with Crippen molar-refractivity contribution < 1.29 is 23.9 Å². The Kier molecular flexibility index (Phi) is 6.49. The van der Waals surface area contributed by atoms with Gasteiger partial charge < -0.3 is 10.1 Å². The van der Waals surface area contributed by atoms with Gasteiger partial charge in [-0.05, 0) is 79.7 Å². The van der Waals surface area contributed by atoms with Gasteiger partial charge in [-0.15, -0.1) is 0 Å². The molecule has 0 unspecified atom stereocenters. The lowest BCUT2D eigenvalue weighted by atomic mass is 10.1. The number of hydrogen-bond acceptors (Lipinski definition) is 6. The van der Waals surface area contributed by atoms with E-state index in [1.54, 1.807) is 48.5 Å². The molecule has 0 atom stereocenters. The maximum atomic E-state index is 12.8. The number of hydrogen-bond donors (Lipinski definition) is 1. The van der Waals surface area contributed by atoms with Crippen molar-refractivity contribution in [2.75, 3.05) is 10.2 Å². The maximum Gasteiger partial charge on any atom is 0.343 e. The molecule has 0 aromatic heterocycles. The van der Waals surface area contributed by atoms with Crippen LogP contribution in [-0.2, 0) is 9.59 Å². The van der Waals surface area contributed by atoms with E-state index < -0.39 is 17.8 Å². The molecule has 0 fully saturated rings. The topological polar surface area (TPSA) is 92.8 Å². The highest BCUT2D eigenvalue weighted by Crippen LogP contribution is 2.30. The van der Waals surface area contributed by atoms with E-state index in [9.17, 15) is 19.2 Å². The average Bonchev–Trinajstić information content (AvgIpc) is 3.03. The Morgan fingerprint density at radius 1 is 0.794 bits per heavy atom. The van der Waals surface area contributed by atoms with Gasteiger partial charge in [0.2, 0.25) is 0 Å². The van der Waals surface area contributed by atoms with Crippen molar-refractivity contribution >= 4 is 58.1 Å². The molecule has 0 radical (unpaired) electrons. The number of ether oxygens (including phenoxy) is 1. The second kappa shape index (κ2) is 9.51. The molecule has 0 bridgehead atoms. The molecule has 170 valence electrons. The lowest BCUT2D eigenvalue weighted by Gasteiger charge is -2.15. The number of halogens is 2. The molecule has 0 aliphatic carbocycles. The molecule has 7 nitrogen and oxygen atoms in total.